The molecule has 0 aliphatic carbocycles. The van der Waals surface area contributed by atoms with E-state index in [9.17, 15) is 70.3 Å². The van der Waals surface area contributed by atoms with Crippen molar-refractivity contribution in [2.45, 2.75) is 31.6 Å². The van der Waals surface area contributed by atoms with E-state index in [1.165, 1.54) is 23.1 Å². The zero-order chi connectivity index (χ0) is 89.8. The molecular formula is C41H60Cl3N56NaO19. The van der Waals surface area contributed by atoms with E-state index in [4.69, 9.17) is 126 Å². The molecule has 75 nitrogen and oxygen atoms in total. The number of azide groups is 12. The zero-order valence-electron chi connectivity index (χ0n) is 59.2. The Morgan fingerprint density at radius 2 is 0.817 bits per heavy atom. The van der Waals surface area contributed by atoms with Crippen molar-refractivity contribution in [3.05, 3.63) is 267 Å². The number of hydrogen-bond acceptors (Lipinski definition) is 40. The maximum atomic E-state index is 10.9. The average molecular weight is 1770 g/mol. The second-order valence-electron chi connectivity index (χ2n) is 18.6. The monoisotopic (exact) mass is 1770 g/mol. The van der Waals surface area contributed by atoms with E-state index in [0.717, 1.165) is 24.3 Å². The van der Waals surface area contributed by atoms with Crippen LogP contribution in [0, 0.1) is 70.8 Å². The standard InChI is InChI=1S/C9H8N10O4.C8H12N12.C6H4N2O4.C4H6N6.C3H4Cl2O.C3H4N8O4.C3H5N7O.C3H4N6O.2CH4.ClH.N3.HNO3.H3NO.Na/c10-16-12-4-6(5-13-17-11)14-15-8-2-1-7(18(20)21)3-9(8)19(22)23;9-15-11-1-7-3-13-17-19(7)6-8(2-12-16-10)4-14-18-20(8)5-7;9-7(10)5-2-1-3-6(4-5)8(11)12;1-4(2-7-9-5)3-8-10-6;4-1-3(6)2-5;4-8-6-1-3(10(12)13,11(14)15)2-7-9-5;4-9-6-1-3(8-11)2-7-10-5;4-8-6-1-3(10)2-7-9-5;;;;1-3-2;2-1(3)4;1-2;/h1-3,15H,4-5H2;1-6H2;1-4H;1-3H2;1-2H2;1-2H2;11H,1-2H2;1-2H2;2*1H4;1H;;(H,2,3,4);2H,1H2;/q;;;;;;;;;;;-1;;;+1. The largest absolute Gasteiger partial charge is 1.00 e. The van der Waals surface area contributed by atoms with Crippen molar-refractivity contribution in [1.29, 1.82) is 0 Å². The molecule has 640 valence electrons. The molecule has 2 aromatic rings. The summed E-state index contributed by atoms with van der Waals surface area (Å²) in [6.07, 6.45) is 0. The summed E-state index contributed by atoms with van der Waals surface area (Å²) in [6.45, 7) is 3.12. The minimum absolute atomic E-state index is 0. The van der Waals surface area contributed by atoms with Crippen LogP contribution in [0.2, 0.25) is 0 Å². The Morgan fingerprint density at radius 1 is 0.508 bits per heavy atom. The molecule has 1 fully saturated rings. The fourth-order valence-corrected chi connectivity index (χ4v) is 6.71. The summed E-state index contributed by atoms with van der Waals surface area (Å²) in [5.41, 5.74) is 108. The number of anilines is 1. The van der Waals surface area contributed by atoms with Crippen molar-refractivity contribution in [3.63, 3.8) is 0 Å². The molecule has 2 unspecified atom stereocenters. The van der Waals surface area contributed by atoms with Crippen LogP contribution < -0.4 is 40.9 Å². The molecule has 6 N–H and O–H groups in total. The maximum absolute atomic E-state index is 10.9. The van der Waals surface area contributed by atoms with Gasteiger partial charge in [0.15, 0.2) is 18.9 Å². The predicted octanol–water partition coefficient (Wildman–Crippen LogP) is 11.1. The van der Waals surface area contributed by atoms with Crippen molar-refractivity contribution in [2.24, 2.45) is 98.2 Å². The van der Waals surface area contributed by atoms with Crippen molar-refractivity contribution in [1.82, 2.24) is 10.0 Å². The van der Waals surface area contributed by atoms with E-state index in [0.29, 0.717) is 31.8 Å². The van der Waals surface area contributed by atoms with Crippen LogP contribution in [0.25, 0.3) is 141 Å². The SMILES string of the molecule is C.C.C=C(CN=[N+]=[N-])CN=[N+]=[N-].Cl.NO.O=C(CCl)CCl.O=[N+]([O-])O.O=[N+]([O-])c1cccc([N+](=O)[O-])c1.[N-]=[N+]=NCC(=O)CN=[N+]=[N-].[N-]=[N+]=NCC(CN=[N+]=[N-])([N+](=O)[O-])[N+](=O)[O-].[N-]=[N+]=NCC(CN=[N+]=[N-])=NNc1ccc([N+](=O)[O-])cc1[N+](=O)[O-].[N-]=[N+]=NCC(CN=[N+]=[N-])=NO.[N-]=[N+]=NCC12CN=NN1CC1(CN=[N+]=[N-])CN=NN1C2.[N-]=[N+]=[N-].[Na+]. The second kappa shape index (κ2) is 79.3. The van der Waals surface area contributed by atoms with E-state index in [1.807, 2.05) is 10.0 Å². The summed E-state index contributed by atoms with van der Waals surface area (Å²) in [7, 11) is 0. The summed E-state index contributed by atoms with van der Waals surface area (Å²) in [5.74, 6) is 3.04. The smallest absolute Gasteiger partial charge is 0.411 e. The number of piperazine rings is 1. The van der Waals surface area contributed by atoms with Crippen LogP contribution in [0.1, 0.15) is 14.9 Å². The Kier molecular flexibility index (Phi) is 82.3. The van der Waals surface area contributed by atoms with Gasteiger partial charge in [0.1, 0.15) is 22.5 Å². The number of Topliss-reactive ketones (excluding diaryl/α,β-unsaturated/α-hetero) is 2. The predicted molar refractivity (Wildman–Crippen MR) is 409 cm³/mol. The molecule has 0 aromatic heterocycles. The molecule has 0 spiro atoms. The Morgan fingerprint density at radius 3 is 1.10 bits per heavy atom. The first-order valence-corrected chi connectivity index (χ1v) is 29.3. The number of nitrogens with zero attached hydrogens (tertiary/aromatic N) is 54. The molecule has 3 aliphatic rings. The molecule has 3 heterocycles. The first kappa shape index (κ1) is 125. The van der Waals surface area contributed by atoms with Gasteiger partial charge in [-0.3, -0.25) is 90.6 Å². The first-order valence-electron chi connectivity index (χ1n) is 28.2. The van der Waals surface area contributed by atoms with Gasteiger partial charge in [0, 0.05) is 95.9 Å². The second-order valence-corrected chi connectivity index (χ2v) is 19.2. The van der Waals surface area contributed by atoms with Crippen molar-refractivity contribution >= 4 is 87.0 Å². The molecule has 2 aromatic carbocycles. The van der Waals surface area contributed by atoms with E-state index < -0.39 is 81.6 Å². The number of hydrazone groups is 1. The topological polar surface area (TPSA) is 1160 Å². The van der Waals surface area contributed by atoms with Crippen LogP contribution in [0.3, 0.4) is 0 Å². The number of hydrogen-bond donors (Lipinski definition) is 5. The van der Waals surface area contributed by atoms with Gasteiger partial charge in [-0.25, -0.2) is 5.90 Å². The number of nitrogens with two attached hydrogens (primary N) is 1. The van der Waals surface area contributed by atoms with E-state index in [-0.39, 0.29) is 168 Å². The number of benzene rings is 2. The molecule has 0 amide bonds. The van der Waals surface area contributed by atoms with Crippen LogP contribution >= 0.6 is 35.6 Å². The van der Waals surface area contributed by atoms with Crippen LogP contribution in [-0.4, -0.2) is 216 Å². The zero-order valence-corrected chi connectivity index (χ0v) is 63.6. The minimum atomic E-state index is -2.79. The third kappa shape index (κ3) is 57.7. The number of nitrogens with one attached hydrogen (secondary N) is 1. The number of carbonyl (C=O) groups is 2. The molecule has 1 saturated heterocycles. The maximum Gasteiger partial charge on any atom is 1.00 e. The van der Waals surface area contributed by atoms with Crippen LogP contribution in [-0.2, 0) is 9.59 Å². The number of fused-ring (bicyclic) bond motifs is 2. The molecule has 0 saturated carbocycles. The number of nitro groups is 6. The number of rotatable bonds is 34. The summed E-state index contributed by atoms with van der Waals surface area (Å²) in [6, 6.07) is 7.54. The summed E-state index contributed by atoms with van der Waals surface area (Å²) in [4.78, 5) is 117. The van der Waals surface area contributed by atoms with Crippen LogP contribution in [0.5, 0.6) is 0 Å². The first-order chi connectivity index (χ1) is 55.3. The quantitative estimate of drug-likeness (QED) is 0.00371. The molecule has 0 radical (unpaired) electrons. The van der Waals surface area contributed by atoms with Gasteiger partial charge in [0.2, 0.25) is 0 Å². The Labute approximate surface area is 701 Å². The van der Waals surface area contributed by atoms with Gasteiger partial charge in [-0.05, 0) is 78.5 Å². The van der Waals surface area contributed by atoms with E-state index in [2.05, 4.69) is 169 Å². The van der Waals surface area contributed by atoms with Gasteiger partial charge in [-0.1, -0.05) is 104 Å². The van der Waals surface area contributed by atoms with Gasteiger partial charge in [-0.2, -0.15) is 15.3 Å². The number of carbonyl (C=O) groups excluding carboxylic acids is 2. The van der Waals surface area contributed by atoms with Crippen molar-refractivity contribution in [2.75, 3.05) is 122 Å². The van der Waals surface area contributed by atoms with Crippen molar-refractivity contribution < 1.29 is 89.4 Å². The molecule has 5 rings (SSSR count). The molecule has 3 aliphatic heterocycles. The van der Waals surface area contributed by atoms with Gasteiger partial charge in [0.05, 0.1) is 138 Å². The number of ketones is 2. The van der Waals surface area contributed by atoms with Gasteiger partial charge in [0.25, 0.3) is 22.1 Å². The molecule has 0 bridgehead atoms. The fraction of sp³-hybridized carbons (Fsp3) is 0.561. The van der Waals surface area contributed by atoms with Gasteiger partial charge >= 0.3 is 40.9 Å². The number of oxime groups is 1. The van der Waals surface area contributed by atoms with Gasteiger partial charge in [-0.15, -0.1) is 45.7 Å². The molecule has 120 heavy (non-hydrogen) atoms. The van der Waals surface area contributed by atoms with Crippen LogP contribution in [0.15, 0.2) is 147 Å². The average Bonchev–Trinajstić information content (AvgIpc) is 1.57. The Hall–Kier alpha value is -16.3. The third-order valence-electron chi connectivity index (χ3n) is 11.4. The van der Waals surface area contributed by atoms with Gasteiger partial charge < -0.3 is 26.7 Å². The Bertz CT molecular complexity index is 4220. The third-order valence-corrected chi connectivity index (χ3v) is 12.0. The number of nitro benzene ring substituents is 4. The summed E-state index contributed by atoms with van der Waals surface area (Å²) >= 11 is 10.0. The van der Waals surface area contributed by atoms with Crippen LogP contribution in [0.4, 0.5) is 28.4 Å². The molecular weight excluding hydrogens is 1710 g/mol. The normalized spacial score (nSPS) is 12.0. The number of halogens is 3. The van der Waals surface area contributed by atoms with E-state index >= 15 is 0 Å². The molecule has 79 heteroatoms. The number of non-ortho nitro benzene ring substituents is 3. The summed E-state index contributed by atoms with van der Waals surface area (Å²) in [5, 5.41) is 156. The fourth-order valence-electron chi connectivity index (χ4n) is 6.42. The minimum Gasteiger partial charge on any atom is -0.411 e. The summed E-state index contributed by atoms with van der Waals surface area (Å²) < 4.78 is 0. The van der Waals surface area contributed by atoms with E-state index in [1.54, 1.807) is 0 Å². The molecule has 2 atom stereocenters. The number of alkyl halides is 2. The van der Waals surface area contributed by atoms with Crippen molar-refractivity contribution in [3.8, 4) is 0 Å². The Balaban J connectivity index is -0.000000145.